The number of carbonyl (C=O) groups is 3. The fraction of sp³-hybridized carbons (Fsp3) is 0.273. The minimum absolute atomic E-state index is 0.123. The molecule has 2 atom stereocenters. The summed E-state index contributed by atoms with van der Waals surface area (Å²) in [5.74, 6) is -2.37. The summed E-state index contributed by atoms with van der Waals surface area (Å²) in [6.07, 6.45) is 7.40. The van der Waals surface area contributed by atoms with Crippen LogP contribution in [0.5, 0.6) is 0 Å². The van der Waals surface area contributed by atoms with Crippen LogP contribution in [0.1, 0.15) is 18.3 Å². The second-order valence-corrected chi connectivity index (χ2v) is 10.9. The van der Waals surface area contributed by atoms with Crippen molar-refractivity contribution in [3.8, 4) is 0 Å². The molecule has 1 saturated heterocycles. The van der Waals surface area contributed by atoms with Crippen LogP contribution in [0, 0.1) is 0 Å². The predicted molar refractivity (Wildman–Crippen MR) is 137 cm³/mol. The van der Waals surface area contributed by atoms with Gasteiger partial charge in [0.2, 0.25) is 11.2 Å². The van der Waals surface area contributed by atoms with Crippen molar-refractivity contribution >= 4 is 74.0 Å². The van der Waals surface area contributed by atoms with Crippen LogP contribution in [0.2, 0.25) is 0 Å². The highest BCUT2D eigenvalue weighted by Crippen LogP contribution is 2.40. The maximum Gasteiger partial charge on any atom is 0.276 e. The molecule has 3 N–H and O–H groups in total. The average Bonchev–Trinajstić information content (AvgIpc) is 3.56. The van der Waals surface area contributed by atoms with Gasteiger partial charge in [0.1, 0.15) is 35.6 Å². The lowest BCUT2D eigenvalue weighted by atomic mass is 10.0. The Morgan fingerprint density at radius 1 is 1.38 bits per heavy atom. The van der Waals surface area contributed by atoms with E-state index in [0.29, 0.717) is 11.3 Å². The lowest BCUT2D eigenvalue weighted by Crippen LogP contribution is -2.71. The number of hydrogen-bond acceptors (Lipinski definition) is 11. The van der Waals surface area contributed by atoms with Crippen LogP contribution >= 0.6 is 34.4 Å². The molecule has 3 aromatic rings. The summed E-state index contributed by atoms with van der Waals surface area (Å²) >= 11 is 4.04. The van der Waals surface area contributed by atoms with Gasteiger partial charge in [0.25, 0.3) is 11.8 Å². The lowest BCUT2D eigenvalue weighted by Gasteiger charge is -2.50. The van der Waals surface area contributed by atoms with Gasteiger partial charge in [0.15, 0.2) is 10.8 Å². The van der Waals surface area contributed by atoms with Gasteiger partial charge < -0.3 is 25.8 Å². The Labute approximate surface area is 222 Å². The van der Waals surface area contributed by atoms with Crippen molar-refractivity contribution in [1.29, 1.82) is 0 Å². The van der Waals surface area contributed by atoms with Gasteiger partial charge >= 0.3 is 0 Å². The number of thiazole rings is 2. The number of nitrogen functional groups attached to an aromatic ring is 1. The second kappa shape index (κ2) is 9.99. The molecule has 0 aliphatic carbocycles. The third kappa shape index (κ3) is 4.60. The number of oxime groups is 1. The number of aliphatic carboxylic acids is 1. The van der Waals surface area contributed by atoms with Crippen LogP contribution in [0.15, 0.2) is 45.8 Å². The molecular formula is C22H21N7O5S3. The van der Waals surface area contributed by atoms with Crippen molar-refractivity contribution in [2.75, 3.05) is 18.1 Å². The summed E-state index contributed by atoms with van der Waals surface area (Å²) in [4.78, 5) is 49.4. The normalized spacial score (nSPS) is 19.9. The first-order valence-corrected chi connectivity index (χ1v) is 13.8. The van der Waals surface area contributed by atoms with Gasteiger partial charge in [0.05, 0.1) is 18.7 Å². The van der Waals surface area contributed by atoms with E-state index in [1.165, 1.54) is 11.8 Å². The van der Waals surface area contributed by atoms with Crippen LogP contribution in [-0.4, -0.2) is 61.6 Å². The summed E-state index contributed by atoms with van der Waals surface area (Å²) in [6, 6.07) is -0.948. The average molecular weight is 560 g/mol. The Kier molecular flexibility index (Phi) is 6.74. The number of nitrogens with two attached hydrogens (primary N) is 1. The molecule has 2 amide bonds. The number of aromatic nitrogens is 3. The number of rotatable bonds is 8. The van der Waals surface area contributed by atoms with Crippen molar-refractivity contribution in [1.82, 2.24) is 19.6 Å². The molecule has 12 nitrogen and oxygen atoms in total. The standard InChI is InChI=1S/C22H21N7O5S3/c1-3-34-26-15(13-9-37-22(23)24-13)18(30)25-16-19(31)29-17(21(32)33)11(7-36-20(16)29)4-5-12-8-35-14-6-27(2)10-28(12)14/h4-6,8-10,16,20H,3,7H2,1-2H3,(H3-,23,24,25,30,32,33)/b5-4?,26-15-/t16-,20-/m1/s1. The summed E-state index contributed by atoms with van der Waals surface area (Å²) in [5, 5.41) is 21.7. The monoisotopic (exact) mass is 559 g/mol. The number of nitrogens with zero attached hydrogens (tertiary/aromatic N) is 5. The second-order valence-electron chi connectivity index (χ2n) is 8.06. The first-order valence-electron chi connectivity index (χ1n) is 11.0. The van der Waals surface area contributed by atoms with E-state index < -0.39 is 29.2 Å². The summed E-state index contributed by atoms with van der Waals surface area (Å²) in [6.45, 7) is 1.93. The minimum atomic E-state index is -1.46. The molecule has 0 radical (unpaired) electrons. The molecule has 15 heteroatoms. The van der Waals surface area contributed by atoms with Crippen molar-refractivity contribution in [2.45, 2.75) is 18.3 Å². The zero-order chi connectivity index (χ0) is 26.3. The molecule has 5 rings (SSSR count). The molecule has 2 aliphatic heterocycles. The number of hydrogen-bond donors (Lipinski definition) is 2. The largest absolute Gasteiger partial charge is 0.543 e. The molecule has 0 bridgehead atoms. The zero-order valence-corrected chi connectivity index (χ0v) is 22.1. The molecule has 0 unspecified atom stereocenters. The molecule has 1 fully saturated rings. The topological polar surface area (TPSA) is 158 Å². The van der Waals surface area contributed by atoms with E-state index in [-0.39, 0.29) is 28.8 Å². The number of β-lactam (4-membered cyclic amide) rings is 1. The number of carboxylic acids is 1. The van der Waals surface area contributed by atoms with Crippen molar-refractivity contribution in [3.05, 3.63) is 52.0 Å². The van der Waals surface area contributed by atoms with Gasteiger partial charge in [-0.05, 0) is 18.6 Å². The molecular weight excluding hydrogens is 538 g/mol. The number of carbonyl (C=O) groups excluding carboxylic acids is 3. The first-order chi connectivity index (χ1) is 17.8. The van der Waals surface area contributed by atoms with E-state index in [2.05, 4.69) is 15.5 Å². The molecule has 0 aromatic carbocycles. The van der Waals surface area contributed by atoms with Crippen LogP contribution in [0.3, 0.4) is 0 Å². The van der Waals surface area contributed by atoms with Gasteiger partial charge in [0, 0.05) is 16.5 Å². The highest BCUT2D eigenvalue weighted by Gasteiger charge is 2.53. The van der Waals surface area contributed by atoms with E-state index in [1.807, 2.05) is 40.0 Å². The third-order valence-corrected chi connectivity index (χ3v) is 8.50. The maximum atomic E-state index is 13.0. The number of imidazole rings is 1. The molecule has 3 aromatic heterocycles. The Morgan fingerprint density at radius 3 is 2.89 bits per heavy atom. The fourth-order valence-electron chi connectivity index (χ4n) is 3.97. The summed E-state index contributed by atoms with van der Waals surface area (Å²) in [7, 11) is 1.92. The van der Waals surface area contributed by atoms with Crippen molar-refractivity contribution in [3.63, 3.8) is 0 Å². The van der Waals surface area contributed by atoms with E-state index >= 15 is 0 Å². The minimum Gasteiger partial charge on any atom is -0.543 e. The molecule has 192 valence electrons. The van der Waals surface area contributed by atoms with Gasteiger partial charge in [-0.25, -0.2) is 9.55 Å². The van der Waals surface area contributed by atoms with Gasteiger partial charge in [-0.1, -0.05) is 22.6 Å². The fourth-order valence-corrected chi connectivity index (χ4v) is 6.77. The Bertz CT molecular complexity index is 1500. The van der Waals surface area contributed by atoms with Gasteiger partial charge in [-0.2, -0.15) is 4.40 Å². The highest BCUT2D eigenvalue weighted by atomic mass is 32.2. The SMILES string of the molecule is CCO/N=C(\C(=O)N[C@@H]1C(=O)N2C(C(=O)[O-])=C(C=Cc3csc4c[n+](C)cn34)CS[C@H]12)c1csc(N)n1. The zero-order valence-electron chi connectivity index (χ0n) is 19.6. The van der Waals surface area contributed by atoms with E-state index in [1.54, 1.807) is 29.7 Å². The molecule has 2 aliphatic rings. The Morgan fingerprint density at radius 2 is 2.19 bits per heavy atom. The van der Waals surface area contributed by atoms with Crippen molar-refractivity contribution < 1.29 is 28.9 Å². The Balaban J connectivity index is 1.36. The van der Waals surface area contributed by atoms with Crippen LogP contribution < -0.4 is 20.7 Å². The van der Waals surface area contributed by atoms with Crippen LogP contribution in [0.4, 0.5) is 5.13 Å². The number of nitrogens with one attached hydrogen (secondary N) is 1. The summed E-state index contributed by atoms with van der Waals surface area (Å²) < 4.78 is 3.91. The predicted octanol–water partition coefficient (Wildman–Crippen LogP) is -0.278. The summed E-state index contributed by atoms with van der Waals surface area (Å²) in [5.41, 5.74) is 6.90. The number of amides is 2. The quantitative estimate of drug-likeness (QED) is 0.165. The van der Waals surface area contributed by atoms with E-state index in [0.717, 1.165) is 26.8 Å². The van der Waals surface area contributed by atoms with Gasteiger partial charge in [-0.3, -0.25) is 14.5 Å². The Hall–Kier alpha value is -3.69. The van der Waals surface area contributed by atoms with Crippen LogP contribution in [0.25, 0.3) is 10.9 Å². The highest BCUT2D eigenvalue weighted by molar-refractivity contribution is 8.00. The first kappa shape index (κ1) is 25.0. The molecule has 0 saturated carbocycles. The van der Waals surface area contributed by atoms with Gasteiger partial charge in [-0.15, -0.1) is 23.1 Å². The molecule has 0 spiro atoms. The number of thioether (sulfide) groups is 1. The smallest absolute Gasteiger partial charge is 0.276 e. The number of anilines is 1. The number of allylic oxidation sites excluding steroid dienone is 1. The van der Waals surface area contributed by atoms with Crippen molar-refractivity contribution in [2.24, 2.45) is 12.2 Å². The van der Waals surface area contributed by atoms with Crippen LogP contribution in [-0.2, 0) is 26.3 Å². The van der Waals surface area contributed by atoms with E-state index in [4.69, 9.17) is 10.6 Å². The molecule has 5 heterocycles. The number of carboxylic acid groups (broad SMARTS) is 1. The lowest BCUT2D eigenvalue weighted by molar-refractivity contribution is -0.669. The number of aryl methyl sites for hydroxylation is 1. The third-order valence-electron chi connectivity index (χ3n) is 5.63. The van der Waals surface area contributed by atoms with E-state index in [9.17, 15) is 19.5 Å². The molecule has 37 heavy (non-hydrogen) atoms. The number of fused-ring (bicyclic) bond motifs is 2. The maximum absolute atomic E-state index is 13.0.